The van der Waals surface area contributed by atoms with Crippen LogP contribution in [0.1, 0.15) is 25.0 Å². The Morgan fingerprint density at radius 3 is 2.15 bits per heavy atom. The summed E-state index contributed by atoms with van der Waals surface area (Å²) in [5, 5.41) is 14.9. The number of urea groups is 1. The minimum Gasteiger partial charge on any atom is -0.478 e. The molecule has 0 heterocycles. The van der Waals surface area contributed by atoms with Crippen molar-refractivity contribution in [3.8, 4) is 5.75 Å². The number of aryl methyl sites for hydroxylation is 2. The summed E-state index contributed by atoms with van der Waals surface area (Å²) in [7, 11) is 0. The van der Waals surface area contributed by atoms with Crippen LogP contribution in [0.2, 0.25) is 0 Å². The molecule has 0 aliphatic rings. The first-order chi connectivity index (χ1) is 15.7. The Labute approximate surface area is 198 Å². The number of carboxylic acids is 1. The van der Waals surface area contributed by atoms with Crippen molar-refractivity contribution >= 4 is 35.1 Å². The van der Waals surface area contributed by atoms with E-state index in [2.05, 4.69) is 10.6 Å². The first-order valence-corrected chi connectivity index (χ1v) is 11.8. The van der Waals surface area contributed by atoms with Gasteiger partial charge in [0.15, 0.2) is 5.60 Å². The second kappa shape index (κ2) is 10.9. The van der Waals surface area contributed by atoms with E-state index in [0.717, 1.165) is 40.2 Å². The number of rotatable bonds is 9. The van der Waals surface area contributed by atoms with Gasteiger partial charge in [0.25, 0.3) is 0 Å². The molecule has 0 aromatic heterocycles. The quantitative estimate of drug-likeness (QED) is 0.334. The molecule has 0 spiro atoms. The highest BCUT2D eigenvalue weighted by atomic mass is 32.2. The van der Waals surface area contributed by atoms with E-state index >= 15 is 0 Å². The fraction of sp³-hybridized carbons (Fsp3) is 0.231. The van der Waals surface area contributed by atoms with Crippen LogP contribution in [0.15, 0.2) is 77.7 Å². The van der Waals surface area contributed by atoms with E-state index < -0.39 is 11.6 Å². The SMILES string of the molecule is CSc1ccc(NC(=O)Nc2cccc(CCc3ccc(OC(C)(C)C(=O)O)cc3)c2)cc1. The topological polar surface area (TPSA) is 87.7 Å². The van der Waals surface area contributed by atoms with Crippen molar-refractivity contribution < 1.29 is 19.4 Å². The van der Waals surface area contributed by atoms with Crippen molar-refractivity contribution in [2.45, 2.75) is 37.2 Å². The highest BCUT2D eigenvalue weighted by molar-refractivity contribution is 7.98. The maximum atomic E-state index is 12.3. The summed E-state index contributed by atoms with van der Waals surface area (Å²) >= 11 is 1.65. The summed E-state index contributed by atoms with van der Waals surface area (Å²) in [5.74, 6) is -0.492. The Morgan fingerprint density at radius 1 is 0.879 bits per heavy atom. The number of amides is 2. The zero-order chi connectivity index (χ0) is 23.8. The molecule has 3 N–H and O–H groups in total. The predicted molar refractivity (Wildman–Crippen MR) is 133 cm³/mol. The van der Waals surface area contributed by atoms with E-state index in [1.807, 2.05) is 66.9 Å². The van der Waals surface area contributed by atoms with Crippen LogP contribution in [0.25, 0.3) is 0 Å². The minimum absolute atomic E-state index is 0.288. The average Bonchev–Trinajstić information content (AvgIpc) is 2.79. The van der Waals surface area contributed by atoms with Gasteiger partial charge in [-0.1, -0.05) is 24.3 Å². The molecule has 2 amide bonds. The van der Waals surface area contributed by atoms with Gasteiger partial charge in [0.2, 0.25) is 0 Å². The molecule has 172 valence electrons. The number of anilines is 2. The van der Waals surface area contributed by atoms with E-state index in [1.54, 1.807) is 23.9 Å². The molecule has 0 fully saturated rings. The van der Waals surface area contributed by atoms with Crippen LogP contribution < -0.4 is 15.4 Å². The third-order valence-electron chi connectivity index (χ3n) is 5.05. The molecule has 3 aromatic carbocycles. The van der Waals surface area contributed by atoms with E-state index in [1.165, 1.54) is 13.8 Å². The van der Waals surface area contributed by atoms with Gasteiger partial charge < -0.3 is 20.5 Å². The lowest BCUT2D eigenvalue weighted by molar-refractivity contribution is -0.152. The Bertz CT molecular complexity index is 1100. The Balaban J connectivity index is 1.53. The Hall–Kier alpha value is -3.45. The Kier molecular flexibility index (Phi) is 8.01. The van der Waals surface area contributed by atoms with Crippen molar-refractivity contribution in [2.24, 2.45) is 0 Å². The normalized spacial score (nSPS) is 11.0. The molecule has 3 rings (SSSR count). The third kappa shape index (κ3) is 7.29. The second-order valence-corrected chi connectivity index (χ2v) is 8.95. The number of carboxylic acid groups (broad SMARTS) is 1. The molecule has 0 saturated carbocycles. The lowest BCUT2D eigenvalue weighted by Crippen LogP contribution is -2.37. The van der Waals surface area contributed by atoms with Gasteiger partial charge in [-0.2, -0.15) is 0 Å². The molecule has 0 radical (unpaired) electrons. The standard InChI is InChI=1S/C26H28N2O4S/c1-26(2,24(29)30)32-22-13-9-18(10-14-22)7-8-19-5-4-6-21(17-19)28-25(31)27-20-11-15-23(33-3)16-12-20/h4-6,9-17H,7-8H2,1-3H3,(H,29,30)(H2,27,28,31). The lowest BCUT2D eigenvalue weighted by Gasteiger charge is -2.21. The number of aliphatic carboxylic acids is 1. The Morgan fingerprint density at radius 2 is 1.52 bits per heavy atom. The van der Waals surface area contributed by atoms with Gasteiger partial charge >= 0.3 is 12.0 Å². The maximum Gasteiger partial charge on any atom is 0.347 e. The fourth-order valence-corrected chi connectivity index (χ4v) is 3.53. The van der Waals surface area contributed by atoms with Crippen molar-refractivity contribution in [2.75, 3.05) is 16.9 Å². The van der Waals surface area contributed by atoms with Crippen molar-refractivity contribution in [1.82, 2.24) is 0 Å². The van der Waals surface area contributed by atoms with Crippen LogP contribution >= 0.6 is 11.8 Å². The number of carbonyl (C=O) groups excluding carboxylic acids is 1. The minimum atomic E-state index is -1.28. The molecule has 6 nitrogen and oxygen atoms in total. The van der Waals surface area contributed by atoms with Crippen LogP contribution in [0, 0.1) is 0 Å². The maximum absolute atomic E-state index is 12.3. The molecular weight excluding hydrogens is 436 g/mol. The summed E-state index contributed by atoms with van der Waals surface area (Å²) in [5.41, 5.74) is 2.40. The van der Waals surface area contributed by atoms with Gasteiger partial charge in [-0.3, -0.25) is 0 Å². The van der Waals surface area contributed by atoms with Gasteiger partial charge in [-0.05, 0) is 92.6 Å². The van der Waals surface area contributed by atoms with E-state index in [4.69, 9.17) is 4.74 Å². The van der Waals surface area contributed by atoms with Crippen LogP contribution in [0.3, 0.4) is 0 Å². The fourth-order valence-electron chi connectivity index (χ4n) is 3.12. The van der Waals surface area contributed by atoms with Gasteiger partial charge in [0.05, 0.1) is 0 Å². The zero-order valence-corrected chi connectivity index (χ0v) is 19.7. The monoisotopic (exact) mass is 464 g/mol. The molecule has 7 heteroatoms. The molecule has 0 bridgehead atoms. The van der Waals surface area contributed by atoms with Gasteiger partial charge in [0, 0.05) is 16.3 Å². The van der Waals surface area contributed by atoms with Crippen LogP contribution in [0.5, 0.6) is 5.75 Å². The van der Waals surface area contributed by atoms with Gasteiger partial charge in [0.1, 0.15) is 5.75 Å². The number of hydrogen-bond donors (Lipinski definition) is 3. The molecule has 0 saturated heterocycles. The smallest absolute Gasteiger partial charge is 0.347 e. The van der Waals surface area contributed by atoms with Crippen LogP contribution in [-0.2, 0) is 17.6 Å². The van der Waals surface area contributed by atoms with Gasteiger partial charge in [-0.15, -0.1) is 11.8 Å². The highest BCUT2D eigenvalue weighted by Crippen LogP contribution is 2.21. The first-order valence-electron chi connectivity index (χ1n) is 10.6. The lowest BCUT2D eigenvalue weighted by atomic mass is 10.0. The summed E-state index contributed by atoms with van der Waals surface area (Å²) < 4.78 is 5.54. The van der Waals surface area contributed by atoms with Crippen molar-refractivity contribution in [3.63, 3.8) is 0 Å². The van der Waals surface area contributed by atoms with Gasteiger partial charge in [-0.25, -0.2) is 9.59 Å². The molecule has 3 aromatic rings. The molecule has 33 heavy (non-hydrogen) atoms. The highest BCUT2D eigenvalue weighted by Gasteiger charge is 2.29. The van der Waals surface area contributed by atoms with E-state index in [-0.39, 0.29) is 6.03 Å². The van der Waals surface area contributed by atoms with Crippen LogP contribution in [0.4, 0.5) is 16.2 Å². The number of hydrogen-bond acceptors (Lipinski definition) is 4. The average molecular weight is 465 g/mol. The predicted octanol–water partition coefficient (Wildman–Crippen LogP) is 6.08. The first kappa shape index (κ1) is 24.2. The molecule has 0 aliphatic heterocycles. The van der Waals surface area contributed by atoms with E-state index in [0.29, 0.717) is 5.75 Å². The third-order valence-corrected chi connectivity index (χ3v) is 5.79. The van der Waals surface area contributed by atoms with E-state index in [9.17, 15) is 14.7 Å². The van der Waals surface area contributed by atoms with Crippen molar-refractivity contribution in [1.29, 1.82) is 0 Å². The molecule has 0 atom stereocenters. The molecule has 0 unspecified atom stereocenters. The number of nitrogens with one attached hydrogen (secondary N) is 2. The number of ether oxygens (including phenoxy) is 1. The summed E-state index contributed by atoms with van der Waals surface area (Å²) in [6.45, 7) is 3.04. The summed E-state index contributed by atoms with van der Waals surface area (Å²) in [4.78, 5) is 24.7. The number of carbonyl (C=O) groups is 2. The second-order valence-electron chi connectivity index (χ2n) is 8.07. The van der Waals surface area contributed by atoms with Crippen molar-refractivity contribution in [3.05, 3.63) is 83.9 Å². The summed E-state index contributed by atoms with van der Waals surface area (Å²) in [6, 6.07) is 22.6. The van der Waals surface area contributed by atoms with Crippen LogP contribution in [-0.4, -0.2) is 29.0 Å². The number of thioether (sulfide) groups is 1. The molecule has 0 aliphatic carbocycles. The zero-order valence-electron chi connectivity index (χ0n) is 18.9. The molecular formula is C26H28N2O4S. The number of benzene rings is 3. The largest absolute Gasteiger partial charge is 0.478 e. The summed E-state index contributed by atoms with van der Waals surface area (Å²) in [6.07, 6.45) is 3.61.